The molecule has 1 atom stereocenters. The number of fused-ring (bicyclic) bond motifs is 1. The smallest absolute Gasteiger partial charge is 0.269 e. The van der Waals surface area contributed by atoms with Crippen LogP contribution in [0.15, 0.2) is 60.0 Å². The number of nitrogens with zero attached hydrogens (tertiary/aromatic N) is 4. The van der Waals surface area contributed by atoms with Gasteiger partial charge >= 0.3 is 0 Å². The van der Waals surface area contributed by atoms with Crippen molar-refractivity contribution in [2.45, 2.75) is 19.4 Å². The van der Waals surface area contributed by atoms with Crippen LogP contribution in [0.1, 0.15) is 38.0 Å². The van der Waals surface area contributed by atoms with Crippen molar-refractivity contribution in [3.05, 3.63) is 97.2 Å². The van der Waals surface area contributed by atoms with Gasteiger partial charge in [-0.1, -0.05) is 24.3 Å². The highest BCUT2D eigenvalue weighted by molar-refractivity contribution is 7.10. The number of nitro benzene ring substituents is 1. The highest BCUT2D eigenvalue weighted by atomic mass is 32.1. The van der Waals surface area contributed by atoms with Crippen LogP contribution in [0.4, 0.5) is 5.69 Å². The molecule has 2 amide bonds. The summed E-state index contributed by atoms with van der Waals surface area (Å²) in [5.41, 5.74) is 4.13. The summed E-state index contributed by atoms with van der Waals surface area (Å²) in [6.45, 7) is 5.13. The van der Waals surface area contributed by atoms with Crippen molar-refractivity contribution < 1.29 is 14.5 Å². The van der Waals surface area contributed by atoms with Crippen molar-refractivity contribution in [2.75, 3.05) is 39.3 Å². The van der Waals surface area contributed by atoms with Crippen LogP contribution in [-0.4, -0.2) is 70.7 Å². The predicted molar refractivity (Wildman–Crippen MR) is 138 cm³/mol. The third-order valence-corrected chi connectivity index (χ3v) is 8.13. The van der Waals surface area contributed by atoms with Crippen molar-refractivity contribution in [3.63, 3.8) is 0 Å². The van der Waals surface area contributed by atoms with Crippen LogP contribution in [0.2, 0.25) is 0 Å². The number of rotatable bonds is 5. The van der Waals surface area contributed by atoms with Crippen molar-refractivity contribution >= 4 is 28.8 Å². The van der Waals surface area contributed by atoms with Crippen molar-refractivity contribution in [2.24, 2.45) is 0 Å². The third-order valence-electron chi connectivity index (χ3n) is 7.13. The van der Waals surface area contributed by atoms with Gasteiger partial charge in [-0.15, -0.1) is 11.3 Å². The normalized spacial score (nSPS) is 18.1. The standard InChI is InChI=1S/C27H28N4O4S/c1-19-4-2-3-5-22(19)26-23-11-17-36-24(23)10-12-30(26)18-25(32)28-13-15-29(16-14-28)27(33)20-6-8-21(9-7-20)31(34)35/h2-9,11,17,26H,10,12-16,18H2,1H3/t26-/m0/s1. The lowest BCUT2D eigenvalue weighted by Crippen LogP contribution is -2.53. The molecule has 0 bridgehead atoms. The molecule has 0 N–H and O–H groups in total. The maximum absolute atomic E-state index is 13.3. The topological polar surface area (TPSA) is 87.0 Å². The van der Waals surface area contributed by atoms with Crippen molar-refractivity contribution in [3.8, 4) is 0 Å². The van der Waals surface area contributed by atoms with E-state index >= 15 is 0 Å². The molecular formula is C27H28N4O4S. The number of carbonyl (C=O) groups excluding carboxylic acids is 2. The molecule has 186 valence electrons. The maximum Gasteiger partial charge on any atom is 0.269 e. The second-order valence-corrected chi connectivity index (χ2v) is 10.3. The molecule has 0 aliphatic carbocycles. The Hall–Kier alpha value is -3.56. The number of hydrogen-bond acceptors (Lipinski definition) is 6. The van der Waals surface area contributed by atoms with Crippen molar-refractivity contribution in [1.29, 1.82) is 0 Å². The number of hydrogen-bond donors (Lipinski definition) is 0. The largest absolute Gasteiger partial charge is 0.338 e. The molecule has 9 heteroatoms. The number of non-ortho nitro benzene ring substituents is 1. The van der Waals surface area contributed by atoms with Crippen LogP contribution < -0.4 is 0 Å². The zero-order chi connectivity index (χ0) is 25.2. The lowest BCUT2D eigenvalue weighted by atomic mass is 9.90. The number of nitro groups is 1. The van der Waals surface area contributed by atoms with Gasteiger partial charge in [0.25, 0.3) is 11.6 Å². The summed E-state index contributed by atoms with van der Waals surface area (Å²) in [5.74, 6) is -0.0904. The van der Waals surface area contributed by atoms with E-state index in [4.69, 9.17) is 0 Å². The highest BCUT2D eigenvalue weighted by Gasteiger charge is 2.33. The Bertz CT molecular complexity index is 1280. The molecule has 3 heterocycles. The number of benzene rings is 2. The monoisotopic (exact) mass is 504 g/mol. The molecule has 1 fully saturated rings. The van der Waals surface area contributed by atoms with Gasteiger partial charge in [0.05, 0.1) is 17.5 Å². The molecule has 0 saturated carbocycles. The molecule has 2 aromatic carbocycles. The van der Waals surface area contributed by atoms with E-state index in [1.54, 1.807) is 16.2 Å². The van der Waals surface area contributed by atoms with Gasteiger partial charge in [0.15, 0.2) is 0 Å². The highest BCUT2D eigenvalue weighted by Crippen LogP contribution is 2.38. The molecule has 0 unspecified atom stereocenters. The van der Waals surface area contributed by atoms with Gasteiger partial charge in [-0.2, -0.15) is 0 Å². The predicted octanol–water partition coefficient (Wildman–Crippen LogP) is 3.90. The summed E-state index contributed by atoms with van der Waals surface area (Å²) in [4.78, 5) is 43.8. The second kappa shape index (κ2) is 10.2. The summed E-state index contributed by atoms with van der Waals surface area (Å²) in [7, 11) is 0. The van der Waals surface area contributed by atoms with E-state index in [9.17, 15) is 19.7 Å². The summed E-state index contributed by atoms with van der Waals surface area (Å²) in [6.07, 6.45) is 0.945. The fourth-order valence-electron chi connectivity index (χ4n) is 5.14. The van der Waals surface area contributed by atoms with E-state index in [1.165, 1.54) is 45.8 Å². The summed E-state index contributed by atoms with van der Waals surface area (Å²) < 4.78 is 0. The van der Waals surface area contributed by atoms with Crippen LogP contribution in [-0.2, 0) is 11.2 Å². The SMILES string of the molecule is Cc1ccccc1[C@H]1c2ccsc2CCN1CC(=O)N1CCN(C(=O)c2ccc([N+](=O)[O-])cc2)CC1. The first-order valence-electron chi connectivity index (χ1n) is 12.1. The van der Waals surface area contributed by atoms with Crippen LogP contribution in [0.25, 0.3) is 0 Å². The van der Waals surface area contributed by atoms with Crippen LogP contribution in [0.5, 0.6) is 0 Å². The van der Waals surface area contributed by atoms with E-state index in [0.717, 1.165) is 13.0 Å². The zero-order valence-electron chi connectivity index (χ0n) is 20.1. The summed E-state index contributed by atoms with van der Waals surface area (Å²) >= 11 is 1.79. The minimum Gasteiger partial charge on any atom is -0.338 e. The van der Waals surface area contributed by atoms with Crippen LogP contribution in [0.3, 0.4) is 0 Å². The van der Waals surface area contributed by atoms with Gasteiger partial charge in [-0.3, -0.25) is 24.6 Å². The Balaban J connectivity index is 1.24. The third kappa shape index (κ3) is 4.76. The number of piperazine rings is 1. The van der Waals surface area contributed by atoms with E-state index in [1.807, 2.05) is 11.0 Å². The maximum atomic E-state index is 13.3. The first-order chi connectivity index (χ1) is 17.4. The van der Waals surface area contributed by atoms with Gasteiger partial charge in [-0.25, -0.2) is 0 Å². The minimum atomic E-state index is -0.482. The molecule has 1 saturated heterocycles. The molecule has 36 heavy (non-hydrogen) atoms. The van der Waals surface area contributed by atoms with Crippen LogP contribution in [0, 0.1) is 17.0 Å². The summed E-state index contributed by atoms with van der Waals surface area (Å²) in [6, 6.07) is 16.3. The quantitative estimate of drug-likeness (QED) is 0.389. The Morgan fingerprint density at radius 2 is 1.64 bits per heavy atom. The van der Waals surface area contributed by atoms with Crippen LogP contribution >= 0.6 is 11.3 Å². The van der Waals surface area contributed by atoms with E-state index in [-0.39, 0.29) is 23.5 Å². The molecular weight excluding hydrogens is 476 g/mol. The molecule has 1 aromatic heterocycles. The van der Waals surface area contributed by atoms with Gasteiger partial charge in [0, 0.05) is 55.3 Å². The first-order valence-corrected chi connectivity index (χ1v) is 13.0. The Morgan fingerprint density at radius 1 is 0.944 bits per heavy atom. The van der Waals surface area contributed by atoms with Gasteiger partial charge < -0.3 is 9.80 Å². The molecule has 3 aromatic rings. The lowest BCUT2D eigenvalue weighted by molar-refractivity contribution is -0.384. The molecule has 5 rings (SSSR count). The lowest BCUT2D eigenvalue weighted by Gasteiger charge is -2.39. The average molecular weight is 505 g/mol. The fourth-order valence-corrected chi connectivity index (χ4v) is 6.04. The van der Waals surface area contributed by atoms with E-state index < -0.39 is 4.92 Å². The number of carbonyl (C=O) groups is 2. The van der Waals surface area contributed by atoms with Crippen molar-refractivity contribution in [1.82, 2.24) is 14.7 Å². The number of amides is 2. The minimum absolute atomic E-state index is 0.0433. The number of aryl methyl sites for hydroxylation is 1. The Labute approximate surface area is 213 Å². The molecule has 2 aliphatic rings. The molecule has 8 nitrogen and oxygen atoms in total. The summed E-state index contributed by atoms with van der Waals surface area (Å²) in [5, 5.41) is 13.0. The van der Waals surface area contributed by atoms with Gasteiger partial charge in [0.2, 0.25) is 5.91 Å². The van der Waals surface area contributed by atoms with E-state index in [0.29, 0.717) is 38.3 Å². The second-order valence-electron chi connectivity index (χ2n) is 9.26. The Morgan fingerprint density at radius 3 is 2.33 bits per heavy atom. The van der Waals surface area contributed by atoms with E-state index in [2.05, 4.69) is 41.5 Å². The molecule has 2 aliphatic heterocycles. The van der Waals surface area contributed by atoms with Gasteiger partial charge in [0.1, 0.15) is 0 Å². The molecule has 0 radical (unpaired) electrons. The number of thiophene rings is 1. The average Bonchev–Trinajstić information content (AvgIpc) is 3.38. The van der Waals surface area contributed by atoms with Gasteiger partial charge in [-0.05, 0) is 53.6 Å². The Kier molecular flexibility index (Phi) is 6.84. The fraction of sp³-hybridized carbons (Fsp3) is 0.333. The zero-order valence-corrected chi connectivity index (χ0v) is 20.9. The first kappa shape index (κ1) is 24.1. The molecule has 0 spiro atoms.